The van der Waals surface area contributed by atoms with Gasteiger partial charge in [0.2, 0.25) is 11.8 Å². The van der Waals surface area contributed by atoms with E-state index in [1.807, 2.05) is 37.3 Å². The number of amides is 2. The molecule has 1 N–H and O–H groups in total. The zero-order valence-corrected chi connectivity index (χ0v) is 28.1. The first-order chi connectivity index (χ1) is 22.1. The monoisotopic (exact) mass is 681 g/mol. The van der Waals surface area contributed by atoms with Gasteiger partial charge >= 0.3 is 0 Å². The van der Waals surface area contributed by atoms with E-state index in [-0.39, 0.29) is 34.5 Å². The Morgan fingerprint density at radius 3 is 2.13 bits per heavy atom. The van der Waals surface area contributed by atoms with Crippen molar-refractivity contribution in [2.45, 2.75) is 43.7 Å². The number of carbonyl (C=O) groups excluding carboxylic acids is 2. The molecule has 0 heterocycles. The molecule has 242 valence electrons. The van der Waals surface area contributed by atoms with E-state index in [4.69, 9.17) is 27.9 Å². The quantitative estimate of drug-likeness (QED) is 0.140. The first kappa shape index (κ1) is 34.8. The molecular weight excluding hydrogens is 645 g/mol. The van der Waals surface area contributed by atoms with Crippen molar-refractivity contribution in [3.05, 3.63) is 124 Å². The molecule has 1 atom stereocenters. The van der Waals surface area contributed by atoms with E-state index in [0.717, 1.165) is 28.3 Å². The van der Waals surface area contributed by atoms with Gasteiger partial charge in [0.25, 0.3) is 10.0 Å². The molecule has 0 aliphatic heterocycles. The van der Waals surface area contributed by atoms with Crippen molar-refractivity contribution in [3.63, 3.8) is 0 Å². The van der Waals surface area contributed by atoms with Gasteiger partial charge in [-0.1, -0.05) is 97.2 Å². The molecule has 0 radical (unpaired) electrons. The lowest BCUT2D eigenvalue weighted by Gasteiger charge is -2.34. The fraction of sp³-hybridized carbons (Fsp3) is 0.257. The lowest BCUT2D eigenvalue weighted by Crippen LogP contribution is -2.53. The fourth-order valence-electron chi connectivity index (χ4n) is 4.91. The number of sulfonamides is 1. The predicted molar refractivity (Wildman–Crippen MR) is 183 cm³/mol. The smallest absolute Gasteiger partial charge is 0.264 e. The molecule has 0 unspecified atom stereocenters. The Kier molecular flexibility index (Phi) is 12.5. The number of hydrogen-bond donors (Lipinski definition) is 1. The Bertz CT molecular complexity index is 1710. The summed E-state index contributed by atoms with van der Waals surface area (Å²) >= 11 is 12.6. The van der Waals surface area contributed by atoms with Gasteiger partial charge in [-0.15, -0.1) is 0 Å². The molecule has 46 heavy (non-hydrogen) atoms. The molecule has 8 nitrogen and oxygen atoms in total. The molecule has 11 heteroatoms. The standard InChI is InChI=1S/C35H37Cl2N3O5S/c1-3-4-21-38-35(42)32(22-26-11-7-5-8-12-26)39(24-27-15-17-28(36)18-16-27)34(41)25-40(29-19-20-33(45-2)31(37)23-29)46(43,44)30-13-9-6-10-14-30/h5-20,23,32H,3-4,21-22,24-25H2,1-2H3,(H,38,42)/t32-/m0/s1. The number of methoxy groups -OCH3 is 1. The third-order valence-corrected chi connectivity index (χ3v) is 9.74. The Morgan fingerprint density at radius 2 is 1.52 bits per heavy atom. The summed E-state index contributed by atoms with van der Waals surface area (Å²) in [5, 5.41) is 3.68. The topological polar surface area (TPSA) is 96.0 Å². The number of hydrogen-bond acceptors (Lipinski definition) is 5. The summed E-state index contributed by atoms with van der Waals surface area (Å²) in [7, 11) is -2.80. The van der Waals surface area contributed by atoms with Crippen LogP contribution in [0.25, 0.3) is 0 Å². The van der Waals surface area contributed by atoms with E-state index < -0.39 is 28.5 Å². The van der Waals surface area contributed by atoms with E-state index in [2.05, 4.69) is 5.32 Å². The van der Waals surface area contributed by atoms with Crippen molar-refractivity contribution >= 4 is 50.7 Å². The molecule has 4 rings (SSSR count). The van der Waals surface area contributed by atoms with Crippen LogP contribution in [0.5, 0.6) is 5.75 Å². The predicted octanol–water partition coefficient (Wildman–Crippen LogP) is 6.75. The lowest BCUT2D eigenvalue weighted by atomic mass is 10.0. The van der Waals surface area contributed by atoms with E-state index >= 15 is 0 Å². The number of benzene rings is 4. The SMILES string of the molecule is CCCCNC(=O)[C@H](Cc1ccccc1)N(Cc1ccc(Cl)cc1)C(=O)CN(c1ccc(OC)c(Cl)c1)S(=O)(=O)c1ccccc1. The van der Waals surface area contributed by atoms with Crippen molar-refractivity contribution in [2.24, 2.45) is 0 Å². The van der Waals surface area contributed by atoms with Crippen molar-refractivity contribution in [2.75, 3.05) is 24.5 Å². The van der Waals surface area contributed by atoms with E-state index in [1.54, 1.807) is 48.5 Å². The highest BCUT2D eigenvalue weighted by atomic mass is 35.5. The van der Waals surface area contributed by atoms with Gasteiger partial charge in [0.1, 0.15) is 18.3 Å². The van der Waals surface area contributed by atoms with Gasteiger partial charge in [-0.05, 0) is 60.0 Å². The average Bonchev–Trinajstić information content (AvgIpc) is 3.06. The van der Waals surface area contributed by atoms with Crippen LogP contribution in [0.2, 0.25) is 10.0 Å². The van der Waals surface area contributed by atoms with Gasteiger partial charge in [-0.25, -0.2) is 8.42 Å². The van der Waals surface area contributed by atoms with Crippen LogP contribution >= 0.6 is 23.2 Å². The van der Waals surface area contributed by atoms with Crippen LogP contribution in [0.3, 0.4) is 0 Å². The third kappa shape index (κ3) is 9.02. The summed E-state index contributed by atoms with van der Waals surface area (Å²) in [4.78, 5) is 29.8. The van der Waals surface area contributed by atoms with Crippen molar-refractivity contribution < 1.29 is 22.7 Å². The third-order valence-electron chi connectivity index (χ3n) is 7.40. The second-order valence-corrected chi connectivity index (χ2v) is 13.3. The molecule has 0 aliphatic rings. The summed E-state index contributed by atoms with van der Waals surface area (Å²) in [6.07, 6.45) is 1.88. The molecule has 0 aromatic heterocycles. The van der Waals surface area contributed by atoms with Crippen molar-refractivity contribution in [3.8, 4) is 5.75 Å². The second kappa shape index (κ2) is 16.5. The zero-order chi connectivity index (χ0) is 33.1. The van der Waals surface area contributed by atoms with Gasteiger partial charge < -0.3 is 15.0 Å². The van der Waals surface area contributed by atoms with E-state index in [0.29, 0.717) is 17.3 Å². The number of ether oxygens (including phenoxy) is 1. The van der Waals surface area contributed by atoms with Gasteiger partial charge in [-0.2, -0.15) is 0 Å². The highest BCUT2D eigenvalue weighted by molar-refractivity contribution is 7.92. The minimum absolute atomic E-state index is 0.00265. The van der Waals surface area contributed by atoms with Crippen molar-refractivity contribution in [1.29, 1.82) is 0 Å². The number of rotatable bonds is 15. The minimum atomic E-state index is -4.25. The van der Waals surface area contributed by atoms with Crippen LogP contribution in [0.4, 0.5) is 5.69 Å². The van der Waals surface area contributed by atoms with Crippen molar-refractivity contribution in [1.82, 2.24) is 10.2 Å². The van der Waals surface area contributed by atoms with E-state index in [1.165, 1.54) is 36.3 Å². The van der Waals surface area contributed by atoms with Gasteiger partial charge in [-0.3, -0.25) is 13.9 Å². The number of nitrogens with one attached hydrogen (secondary N) is 1. The molecular formula is C35H37Cl2N3O5S. The van der Waals surface area contributed by atoms with Crippen LogP contribution < -0.4 is 14.4 Å². The fourth-order valence-corrected chi connectivity index (χ4v) is 6.71. The number of carbonyl (C=O) groups is 2. The highest BCUT2D eigenvalue weighted by Gasteiger charge is 2.34. The Balaban J connectivity index is 1.80. The molecule has 4 aromatic rings. The second-order valence-electron chi connectivity index (χ2n) is 10.6. The summed E-state index contributed by atoms with van der Waals surface area (Å²) < 4.78 is 34.5. The first-order valence-electron chi connectivity index (χ1n) is 14.9. The van der Waals surface area contributed by atoms with Crippen LogP contribution in [0, 0.1) is 0 Å². The summed E-state index contributed by atoms with van der Waals surface area (Å²) in [6, 6.07) is 27.8. The Labute approximate surface area is 280 Å². The van der Waals surface area contributed by atoms with E-state index in [9.17, 15) is 18.0 Å². The van der Waals surface area contributed by atoms with Crippen LogP contribution in [-0.4, -0.2) is 51.4 Å². The van der Waals surface area contributed by atoms with Crippen LogP contribution in [0.1, 0.15) is 30.9 Å². The molecule has 0 saturated carbocycles. The van der Waals surface area contributed by atoms with Crippen LogP contribution in [0.15, 0.2) is 108 Å². The number of anilines is 1. The Hall–Kier alpha value is -4.05. The molecule has 4 aromatic carbocycles. The first-order valence-corrected chi connectivity index (χ1v) is 17.1. The number of halogens is 2. The number of unbranched alkanes of at least 4 members (excludes halogenated alkanes) is 1. The Morgan fingerprint density at radius 1 is 0.870 bits per heavy atom. The molecule has 0 fully saturated rings. The lowest BCUT2D eigenvalue weighted by molar-refractivity contribution is -0.140. The average molecular weight is 683 g/mol. The maximum Gasteiger partial charge on any atom is 0.264 e. The highest BCUT2D eigenvalue weighted by Crippen LogP contribution is 2.32. The van der Waals surface area contributed by atoms with Gasteiger partial charge in [0.15, 0.2) is 0 Å². The van der Waals surface area contributed by atoms with Gasteiger partial charge in [0, 0.05) is 24.5 Å². The normalized spacial score (nSPS) is 11.8. The summed E-state index contributed by atoms with van der Waals surface area (Å²) in [5.41, 5.74) is 1.74. The summed E-state index contributed by atoms with van der Waals surface area (Å²) in [6.45, 7) is 1.91. The van der Waals surface area contributed by atoms with Gasteiger partial charge in [0.05, 0.1) is 22.7 Å². The maximum atomic E-state index is 14.5. The maximum absolute atomic E-state index is 14.5. The molecule has 0 saturated heterocycles. The molecule has 2 amide bonds. The minimum Gasteiger partial charge on any atom is -0.495 e. The zero-order valence-electron chi connectivity index (χ0n) is 25.7. The molecule has 0 bridgehead atoms. The largest absolute Gasteiger partial charge is 0.495 e. The summed E-state index contributed by atoms with van der Waals surface area (Å²) in [5.74, 6) is -0.553. The molecule has 0 aliphatic carbocycles. The molecule has 0 spiro atoms. The number of nitrogens with zero attached hydrogens (tertiary/aromatic N) is 2. The van der Waals surface area contributed by atoms with Crippen LogP contribution in [-0.2, 0) is 32.6 Å².